The molecule has 1 radical (unpaired) electrons. The van der Waals surface area contributed by atoms with Crippen LogP contribution in [0.15, 0.2) is 22.7 Å². The second kappa shape index (κ2) is 4.34. The Bertz CT molecular complexity index is 378. The summed E-state index contributed by atoms with van der Waals surface area (Å²) in [5.41, 5.74) is 7.09. The van der Waals surface area contributed by atoms with E-state index in [1.54, 1.807) is 12.1 Å². The van der Waals surface area contributed by atoms with E-state index in [2.05, 4.69) is 15.9 Å². The van der Waals surface area contributed by atoms with Gasteiger partial charge in [0.25, 0.3) is 5.91 Å². The number of carbonyl (C=O) groups is 2. The number of nitrogens with one attached hydrogen (secondary N) is 1. The van der Waals surface area contributed by atoms with Gasteiger partial charge < -0.3 is 5.11 Å². The van der Waals surface area contributed by atoms with Gasteiger partial charge in [0.1, 0.15) is 0 Å². The highest BCUT2D eigenvalue weighted by Gasteiger charge is 2.19. The predicted molar refractivity (Wildman–Crippen MR) is 52.6 cm³/mol. The molecule has 0 aliphatic carbocycles. The molecular formula is C9H7BrNO3. The van der Waals surface area contributed by atoms with E-state index in [1.165, 1.54) is 6.07 Å². The van der Waals surface area contributed by atoms with Crippen LogP contribution in [0.5, 0.6) is 0 Å². The fraction of sp³-hybridized carbons (Fsp3) is 0.111. The summed E-state index contributed by atoms with van der Waals surface area (Å²) in [6, 6.07) is 4.64. The maximum atomic E-state index is 10.7. The van der Waals surface area contributed by atoms with Crippen molar-refractivity contribution in [3.63, 3.8) is 0 Å². The van der Waals surface area contributed by atoms with E-state index in [1.807, 2.05) is 0 Å². The largest absolute Gasteiger partial charge is 0.378 e. The van der Waals surface area contributed by atoms with Crippen LogP contribution in [-0.2, 0) is 4.79 Å². The molecule has 0 heterocycles. The van der Waals surface area contributed by atoms with Crippen molar-refractivity contribution >= 4 is 28.1 Å². The molecule has 0 fully saturated rings. The maximum Gasteiger partial charge on any atom is 0.271 e. The van der Waals surface area contributed by atoms with Crippen molar-refractivity contribution in [3.05, 3.63) is 33.8 Å². The van der Waals surface area contributed by atoms with Gasteiger partial charge >= 0.3 is 0 Å². The second-order valence-electron chi connectivity index (χ2n) is 2.63. The van der Waals surface area contributed by atoms with Crippen LogP contribution in [-0.4, -0.2) is 17.3 Å². The number of aliphatic hydroxyl groups is 1. The molecule has 0 saturated heterocycles. The van der Waals surface area contributed by atoms with Crippen LogP contribution in [0.25, 0.3) is 0 Å². The molecule has 14 heavy (non-hydrogen) atoms. The lowest BCUT2D eigenvalue weighted by atomic mass is 10.0. The van der Waals surface area contributed by atoms with Crippen molar-refractivity contribution in [2.75, 3.05) is 0 Å². The lowest BCUT2D eigenvalue weighted by molar-refractivity contribution is -0.126. The van der Waals surface area contributed by atoms with Gasteiger partial charge in [-0.15, -0.1) is 0 Å². The van der Waals surface area contributed by atoms with Crippen LogP contribution in [0.2, 0.25) is 0 Å². The smallest absolute Gasteiger partial charge is 0.271 e. The summed E-state index contributed by atoms with van der Waals surface area (Å²) in [6.45, 7) is 0. The molecule has 0 aliphatic rings. The molecule has 0 spiro atoms. The van der Waals surface area contributed by atoms with Crippen molar-refractivity contribution in [1.82, 2.24) is 5.73 Å². The number of rotatable bonds is 3. The van der Waals surface area contributed by atoms with Crippen LogP contribution in [0.4, 0.5) is 0 Å². The van der Waals surface area contributed by atoms with Gasteiger partial charge in [-0.1, -0.05) is 28.1 Å². The topological polar surface area (TPSA) is 78.2 Å². The van der Waals surface area contributed by atoms with Gasteiger partial charge in [-0.05, 0) is 6.07 Å². The predicted octanol–water partition coefficient (Wildman–Crippen LogP) is 1.10. The van der Waals surface area contributed by atoms with Gasteiger partial charge in [0, 0.05) is 15.6 Å². The molecule has 0 aliphatic heterocycles. The van der Waals surface area contributed by atoms with Gasteiger partial charge in [0.05, 0.1) is 0 Å². The number of amides is 1. The van der Waals surface area contributed by atoms with Gasteiger partial charge in [-0.25, -0.2) is 0 Å². The van der Waals surface area contributed by atoms with Crippen LogP contribution in [0.1, 0.15) is 22.0 Å². The molecule has 2 N–H and O–H groups in total. The minimum atomic E-state index is -1.56. The van der Waals surface area contributed by atoms with Crippen molar-refractivity contribution in [1.29, 1.82) is 0 Å². The number of hydrogen-bond acceptors (Lipinski definition) is 3. The average molecular weight is 257 g/mol. The Morgan fingerprint density at radius 1 is 1.57 bits per heavy atom. The standard InChI is InChI=1S/C9H7BrNO3/c10-7-3-1-2-5(6(7)4-12)8(13)9(11)14/h1-4,8,11,13H. The summed E-state index contributed by atoms with van der Waals surface area (Å²) >= 11 is 3.11. The number of carbonyl (C=O) groups excluding carboxylic acids is 2. The Balaban J connectivity index is 3.26. The first-order chi connectivity index (χ1) is 6.57. The third kappa shape index (κ3) is 2.00. The van der Waals surface area contributed by atoms with Crippen molar-refractivity contribution < 1.29 is 14.7 Å². The molecule has 4 nitrogen and oxygen atoms in total. The SMILES string of the molecule is [NH]C(=O)C(O)c1cccc(Br)c1C=O. The van der Waals surface area contributed by atoms with Gasteiger partial charge in [-0.3, -0.25) is 15.3 Å². The average Bonchev–Trinajstić information content (AvgIpc) is 2.16. The summed E-state index contributed by atoms with van der Waals surface area (Å²) in [7, 11) is 0. The number of benzene rings is 1. The summed E-state index contributed by atoms with van der Waals surface area (Å²) in [4.78, 5) is 21.3. The molecule has 73 valence electrons. The first kappa shape index (κ1) is 10.9. The number of halogens is 1. The molecule has 1 amide bonds. The Labute approximate surface area is 88.9 Å². The summed E-state index contributed by atoms with van der Waals surface area (Å²) in [5.74, 6) is -1.13. The van der Waals surface area contributed by atoms with Crippen LogP contribution in [0, 0.1) is 0 Å². The molecule has 1 aromatic rings. The third-order valence-electron chi connectivity index (χ3n) is 1.75. The fourth-order valence-corrected chi connectivity index (χ4v) is 1.53. The van der Waals surface area contributed by atoms with Crippen molar-refractivity contribution in [2.45, 2.75) is 6.10 Å². The zero-order valence-corrected chi connectivity index (χ0v) is 8.61. The number of aliphatic hydroxyl groups excluding tert-OH is 1. The van der Waals surface area contributed by atoms with Crippen molar-refractivity contribution in [2.24, 2.45) is 0 Å². The van der Waals surface area contributed by atoms with Crippen molar-refractivity contribution in [3.8, 4) is 0 Å². The summed E-state index contributed by atoms with van der Waals surface area (Å²) in [5, 5.41) is 9.32. The quantitative estimate of drug-likeness (QED) is 0.823. The van der Waals surface area contributed by atoms with E-state index in [0.717, 1.165) is 0 Å². The van der Waals surface area contributed by atoms with E-state index >= 15 is 0 Å². The Morgan fingerprint density at radius 2 is 2.21 bits per heavy atom. The summed E-state index contributed by atoms with van der Waals surface area (Å²) in [6.07, 6.45) is -1.03. The third-order valence-corrected chi connectivity index (χ3v) is 2.44. The van der Waals surface area contributed by atoms with E-state index in [-0.39, 0.29) is 11.1 Å². The van der Waals surface area contributed by atoms with E-state index in [4.69, 9.17) is 5.73 Å². The lowest BCUT2D eigenvalue weighted by Gasteiger charge is -2.09. The zero-order valence-electron chi connectivity index (χ0n) is 7.03. The molecular weight excluding hydrogens is 250 g/mol. The Kier molecular flexibility index (Phi) is 3.38. The maximum absolute atomic E-state index is 10.7. The van der Waals surface area contributed by atoms with E-state index in [9.17, 15) is 14.7 Å². The monoisotopic (exact) mass is 256 g/mol. The molecule has 1 atom stereocenters. The highest BCUT2D eigenvalue weighted by atomic mass is 79.9. The number of hydrogen-bond donors (Lipinski definition) is 1. The Morgan fingerprint density at radius 3 is 2.71 bits per heavy atom. The van der Waals surface area contributed by atoms with Gasteiger partial charge in [0.2, 0.25) is 0 Å². The lowest BCUT2D eigenvalue weighted by Crippen LogP contribution is -2.14. The molecule has 1 aromatic carbocycles. The Hall–Kier alpha value is -1.20. The molecule has 0 bridgehead atoms. The molecule has 0 saturated carbocycles. The first-order valence-electron chi connectivity index (χ1n) is 3.75. The molecule has 5 heteroatoms. The zero-order chi connectivity index (χ0) is 10.7. The van der Waals surface area contributed by atoms with Crippen LogP contribution >= 0.6 is 15.9 Å². The highest BCUT2D eigenvalue weighted by Crippen LogP contribution is 2.23. The normalized spacial score (nSPS) is 12.1. The minimum Gasteiger partial charge on any atom is -0.378 e. The fourth-order valence-electron chi connectivity index (χ4n) is 1.06. The van der Waals surface area contributed by atoms with Gasteiger partial charge in [-0.2, -0.15) is 0 Å². The molecule has 0 aromatic heterocycles. The second-order valence-corrected chi connectivity index (χ2v) is 3.48. The number of aldehydes is 1. The van der Waals surface area contributed by atoms with Crippen LogP contribution in [0.3, 0.4) is 0 Å². The first-order valence-corrected chi connectivity index (χ1v) is 4.54. The molecule has 1 rings (SSSR count). The van der Waals surface area contributed by atoms with E-state index in [0.29, 0.717) is 10.8 Å². The van der Waals surface area contributed by atoms with Crippen LogP contribution < -0.4 is 5.73 Å². The molecule has 1 unspecified atom stereocenters. The van der Waals surface area contributed by atoms with E-state index < -0.39 is 12.0 Å². The summed E-state index contributed by atoms with van der Waals surface area (Å²) < 4.78 is 0.491. The minimum absolute atomic E-state index is 0.148. The van der Waals surface area contributed by atoms with Gasteiger partial charge in [0.15, 0.2) is 12.4 Å². The highest BCUT2D eigenvalue weighted by molar-refractivity contribution is 9.10.